The Kier molecular flexibility index (Phi) is 5.04. The lowest BCUT2D eigenvalue weighted by molar-refractivity contribution is 0.0937. The van der Waals surface area contributed by atoms with Gasteiger partial charge in [0.1, 0.15) is 5.76 Å². The largest absolute Gasteiger partial charge is 0.469 e. The number of hydrogen-bond acceptors (Lipinski definition) is 3. The molecule has 1 aromatic heterocycles. The topological polar surface area (TPSA) is 54.3 Å². The summed E-state index contributed by atoms with van der Waals surface area (Å²) in [5, 5.41) is 6.10. The van der Waals surface area contributed by atoms with Crippen molar-refractivity contribution in [2.24, 2.45) is 0 Å². The zero-order valence-electron chi connectivity index (χ0n) is 12.8. The van der Waals surface area contributed by atoms with Crippen molar-refractivity contribution in [3.63, 3.8) is 0 Å². The summed E-state index contributed by atoms with van der Waals surface area (Å²) < 4.78 is 5.30. The lowest BCUT2D eigenvalue weighted by atomic mass is 10.1. The number of benzene rings is 1. The second-order valence-electron chi connectivity index (χ2n) is 5.27. The van der Waals surface area contributed by atoms with Gasteiger partial charge >= 0.3 is 0 Å². The molecule has 2 rings (SSSR count). The van der Waals surface area contributed by atoms with Gasteiger partial charge < -0.3 is 15.1 Å². The van der Waals surface area contributed by atoms with Crippen LogP contribution in [0.4, 0.5) is 5.69 Å². The number of hydrogen-bond donors (Lipinski definition) is 2. The van der Waals surface area contributed by atoms with Crippen LogP contribution in [0.15, 0.2) is 41.0 Å². The predicted octanol–water partition coefficient (Wildman–Crippen LogP) is 3.38. The van der Waals surface area contributed by atoms with Gasteiger partial charge in [-0.2, -0.15) is 0 Å². The van der Waals surface area contributed by atoms with Gasteiger partial charge in [0.2, 0.25) is 0 Å². The molecule has 0 aliphatic rings. The van der Waals surface area contributed by atoms with Crippen LogP contribution in [0, 0.1) is 6.92 Å². The maximum atomic E-state index is 12.3. The van der Waals surface area contributed by atoms with Gasteiger partial charge in [-0.15, -0.1) is 0 Å². The van der Waals surface area contributed by atoms with Crippen LogP contribution in [-0.2, 0) is 6.42 Å². The molecular formula is C17H22N2O2. The summed E-state index contributed by atoms with van der Waals surface area (Å²) in [6, 6.07) is 9.68. The van der Waals surface area contributed by atoms with Gasteiger partial charge in [-0.3, -0.25) is 4.79 Å². The molecule has 1 aromatic carbocycles. The second-order valence-corrected chi connectivity index (χ2v) is 5.27. The first-order valence-electron chi connectivity index (χ1n) is 7.22. The fourth-order valence-corrected chi connectivity index (χ4v) is 2.26. The van der Waals surface area contributed by atoms with E-state index in [4.69, 9.17) is 4.42 Å². The van der Waals surface area contributed by atoms with Crippen molar-refractivity contribution >= 4 is 11.6 Å². The third kappa shape index (κ3) is 4.12. The molecule has 0 fully saturated rings. The average Bonchev–Trinajstić information content (AvgIpc) is 2.98. The Morgan fingerprint density at radius 3 is 2.76 bits per heavy atom. The van der Waals surface area contributed by atoms with E-state index in [1.807, 2.05) is 51.2 Å². The Hall–Kier alpha value is -2.23. The summed E-state index contributed by atoms with van der Waals surface area (Å²) in [7, 11) is 1.87. The van der Waals surface area contributed by atoms with Crippen molar-refractivity contribution in [2.75, 3.05) is 12.4 Å². The highest BCUT2D eigenvalue weighted by Gasteiger charge is 2.12. The lowest BCUT2D eigenvalue weighted by Gasteiger charge is -2.15. The molecule has 0 aliphatic carbocycles. The number of rotatable bonds is 6. The number of carbonyl (C=O) groups is 1. The molecule has 112 valence electrons. The molecule has 2 aromatic rings. The van der Waals surface area contributed by atoms with Crippen molar-refractivity contribution in [2.45, 2.75) is 32.7 Å². The SMILES string of the molecule is CNc1ccc(C(=O)NC(C)CCc2ccco2)c(C)c1. The van der Waals surface area contributed by atoms with Crippen LogP contribution in [0.25, 0.3) is 0 Å². The van der Waals surface area contributed by atoms with Crippen LogP contribution < -0.4 is 10.6 Å². The summed E-state index contributed by atoms with van der Waals surface area (Å²) in [6.07, 6.45) is 3.35. The highest BCUT2D eigenvalue weighted by atomic mass is 16.3. The van der Waals surface area contributed by atoms with E-state index in [2.05, 4.69) is 10.6 Å². The molecule has 4 heteroatoms. The molecule has 0 bridgehead atoms. The highest BCUT2D eigenvalue weighted by Crippen LogP contribution is 2.15. The molecule has 2 N–H and O–H groups in total. The monoisotopic (exact) mass is 286 g/mol. The summed E-state index contributed by atoms with van der Waals surface area (Å²) in [4.78, 5) is 12.3. The fourth-order valence-electron chi connectivity index (χ4n) is 2.26. The number of carbonyl (C=O) groups excluding carboxylic acids is 1. The Balaban J connectivity index is 1.91. The summed E-state index contributed by atoms with van der Waals surface area (Å²) in [5.74, 6) is 0.924. The quantitative estimate of drug-likeness (QED) is 0.856. The first-order chi connectivity index (χ1) is 10.1. The molecular weight excluding hydrogens is 264 g/mol. The maximum absolute atomic E-state index is 12.3. The molecule has 0 spiro atoms. The van der Waals surface area contributed by atoms with E-state index in [0.29, 0.717) is 0 Å². The van der Waals surface area contributed by atoms with Gasteiger partial charge in [0.05, 0.1) is 6.26 Å². The first-order valence-corrected chi connectivity index (χ1v) is 7.22. The van der Waals surface area contributed by atoms with Gasteiger partial charge in [-0.25, -0.2) is 0 Å². The van der Waals surface area contributed by atoms with Gasteiger partial charge in [-0.05, 0) is 56.2 Å². The number of anilines is 1. The Labute approximate surface area is 125 Å². The van der Waals surface area contributed by atoms with E-state index in [0.717, 1.165) is 35.4 Å². The number of amides is 1. The number of nitrogens with one attached hydrogen (secondary N) is 2. The first kappa shape index (κ1) is 15.2. The minimum atomic E-state index is -0.0258. The average molecular weight is 286 g/mol. The highest BCUT2D eigenvalue weighted by molar-refractivity contribution is 5.96. The standard InChI is InChI=1S/C17H22N2O2/c1-12-11-14(18-3)7-9-16(12)17(20)19-13(2)6-8-15-5-4-10-21-15/h4-5,7,9-11,13,18H,6,8H2,1-3H3,(H,19,20). The molecule has 0 aliphatic heterocycles. The van der Waals surface area contributed by atoms with E-state index < -0.39 is 0 Å². The summed E-state index contributed by atoms with van der Waals surface area (Å²) in [6.45, 7) is 3.96. The lowest BCUT2D eigenvalue weighted by Crippen LogP contribution is -2.33. The van der Waals surface area contributed by atoms with Gasteiger partial charge in [0, 0.05) is 30.8 Å². The molecule has 4 nitrogen and oxygen atoms in total. The molecule has 21 heavy (non-hydrogen) atoms. The Morgan fingerprint density at radius 2 is 2.14 bits per heavy atom. The molecule has 1 atom stereocenters. The zero-order chi connectivity index (χ0) is 15.2. The normalized spacial score (nSPS) is 12.0. The van der Waals surface area contributed by atoms with Crippen LogP contribution in [0.2, 0.25) is 0 Å². The van der Waals surface area contributed by atoms with Crippen LogP contribution in [0.1, 0.15) is 35.0 Å². The van der Waals surface area contributed by atoms with Crippen molar-refractivity contribution < 1.29 is 9.21 Å². The molecule has 0 saturated heterocycles. The summed E-state index contributed by atoms with van der Waals surface area (Å²) >= 11 is 0. The van der Waals surface area contributed by atoms with E-state index in [1.165, 1.54) is 0 Å². The second kappa shape index (κ2) is 6.97. The van der Waals surface area contributed by atoms with Crippen LogP contribution >= 0.6 is 0 Å². The van der Waals surface area contributed by atoms with Gasteiger partial charge in [0.15, 0.2) is 0 Å². The Morgan fingerprint density at radius 1 is 1.33 bits per heavy atom. The van der Waals surface area contributed by atoms with Gasteiger partial charge in [0.25, 0.3) is 5.91 Å². The minimum absolute atomic E-state index is 0.0258. The maximum Gasteiger partial charge on any atom is 0.251 e. The predicted molar refractivity (Wildman–Crippen MR) is 84.7 cm³/mol. The molecule has 1 amide bonds. The fraction of sp³-hybridized carbons (Fsp3) is 0.353. The van der Waals surface area contributed by atoms with E-state index in [1.54, 1.807) is 6.26 Å². The zero-order valence-corrected chi connectivity index (χ0v) is 12.8. The third-order valence-corrected chi connectivity index (χ3v) is 3.54. The van der Waals surface area contributed by atoms with Crippen LogP contribution in [0.3, 0.4) is 0 Å². The van der Waals surface area contributed by atoms with Crippen LogP contribution in [-0.4, -0.2) is 19.0 Å². The van der Waals surface area contributed by atoms with Crippen LogP contribution in [0.5, 0.6) is 0 Å². The minimum Gasteiger partial charge on any atom is -0.469 e. The van der Waals surface area contributed by atoms with Crippen molar-refractivity contribution in [1.29, 1.82) is 0 Å². The molecule has 1 heterocycles. The third-order valence-electron chi connectivity index (χ3n) is 3.54. The van der Waals surface area contributed by atoms with E-state index in [9.17, 15) is 4.79 Å². The van der Waals surface area contributed by atoms with E-state index >= 15 is 0 Å². The van der Waals surface area contributed by atoms with Crippen molar-refractivity contribution in [3.8, 4) is 0 Å². The number of furan rings is 1. The van der Waals surface area contributed by atoms with Crippen molar-refractivity contribution in [1.82, 2.24) is 5.32 Å². The molecule has 0 saturated carbocycles. The summed E-state index contributed by atoms with van der Waals surface area (Å²) in [5.41, 5.74) is 2.70. The molecule has 0 radical (unpaired) electrons. The van der Waals surface area contributed by atoms with E-state index in [-0.39, 0.29) is 11.9 Å². The Bertz CT molecular complexity index is 591. The number of aryl methyl sites for hydroxylation is 2. The molecule has 1 unspecified atom stereocenters. The van der Waals surface area contributed by atoms with Crippen molar-refractivity contribution in [3.05, 3.63) is 53.5 Å². The smallest absolute Gasteiger partial charge is 0.251 e. The van der Waals surface area contributed by atoms with Gasteiger partial charge in [-0.1, -0.05) is 0 Å².